The second kappa shape index (κ2) is 6.02. The van der Waals surface area contributed by atoms with Crippen LogP contribution in [0.25, 0.3) is 0 Å². The quantitative estimate of drug-likeness (QED) is 0.820. The summed E-state index contributed by atoms with van der Waals surface area (Å²) in [7, 11) is -1.59. The summed E-state index contributed by atoms with van der Waals surface area (Å²) in [4.78, 5) is 0.309. The first-order chi connectivity index (χ1) is 8.03. The van der Waals surface area contributed by atoms with Crippen molar-refractivity contribution in [2.45, 2.75) is 37.6 Å². The minimum atomic E-state index is -3.39. The molecule has 1 aromatic rings. The third-order valence-electron chi connectivity index (χ3n) is 2.76. The highest BCUT2D eigenvalue weighted by Crippen LogP contribution is 2.14. The normalized spacial score (nSPS) is 11.8. The smallest absolute Gasteiger partial charge is 0.240 e. The molecule has 0 aliphatic rings. The topological polar surface area (TPSA) is 58.2 Å². The van der Waals surface area contributed by atoms with E-state index in [4.69, 9.17) is 0 Å². The average molecular weight is 256 g/mol. The van der Waals surface area contributed by atoms with Crippen LogP contribution in [0.15, 0.2) is 29.2 Å². The number of hydrogen-bond acceptors (Lipinski definition) is 3. The van der Waals surface area contributed by atoms with E-state index in [1.165, 1.54) is 0 Å². The summed E-state index contributed by atoms with van der Waals surface area (Å²) in [5, 5.41) is 2.95. The zero-order valence-electron chi connectivity index (χ0n) is 10.5. The maximum atomic E-state index is 12.0. The summed E-state index contributed by atoms with van der Waals surface area (Å²) < 4.78 is 26.8. The minimum absolute atomic E-state index is 0.00368. The number of anilines is 1. The van der Waals surface area contributed by atoms with Crippen LogP contribution in [0, 0.1) is 0 Å². The lowest BCUT2D eigenvalue weighted by Gasteiger charge is -2.15. The van der Waals surface area contributed by atoms with E-state index in [1.807, 2.05) is 13.8 Å². The number of rotatable bonds is 6. The molecular formula is C12H20N2O2S. The van der Waals surface area contributed by atoms with Crippen LogP contribution >= 0.6 is 0 Å². The van der Waals surface area contributed by atoms with Crippen molar-refractivity contribution in [1.82, 2.24) is 4.72 Å². The third-order valence-corrected chi connectivity index (χ3v) is 4.30. The number of nitrogens with one attached hydrogen (secondary N) is 2. The molecule has 0 amide bonds. The van der Waals surface area contributed by atoms with Crippen LogP contribution in [0.5, 0.6) is 0 Å². The van der Waals surface area contributed by atoms with Gasteiger partial charge < -0.3 is 5.32 Å². The van der Waals surface area contributed by atoms with Gasteiger partial charge in [0.15, 0.2) is 0 Å². The summed E-state index contributed by atoms with van der Waals surface area (Å²) in [6, 6.07) is 6.72. The maximum absolute atomic E-state index is 12.0. The molecule has 5 heteroatoms. The summed E-state index contributed by atoms with van der Waals surface area (Å²) >= 11 is 0. The van der Waals surface area contributed by atoms with Crippen LogP contribution in [0.4, 0.5) is 5.69 Å². The van der Waals surface area contributed by atoms with E-state index < -0.39 is 10.0 Å². The van der Waals surface area contributed by atoms with Gasteiger partial charge in [-0.25, -0.2) is 13.1 Å². The molecule has 0 fully saturated rings. The van der Waals surface area contributed by atoms with E-state index in [1.54, 1.807) is 31.3 Å². The van der Waals surface area contributed by atoms with E-state index in [-0.39, 0.29) is 6.04 Å². The van der Waals surface area contributed by atoms with Crippen molar-refractivity contribution >= 4 is 15.7 Å². The lowest BCUT2D eigenvalue weighted by molar-refractivity contribution is 0.530. The van der Waals surface area contributed by atoms with Gasteiger partial charge in [-0.1, -0.05) is 13.8 Å². The summed E-state index contributed by atoms with van der Waals surface area (Å²) in [5.74, 6) is 0. The van der Waals surface area contributed by atoms with Crippen molar-refractivity contribution in [2.75, 3.05) is 12.4 Å². The molecule has 17 heavy (non-hydrogen) atoms. The lowest BCUT2D eigenvalue weighted by Crippen LogP contribution is -2.33. The predicted octanol–water partition coefficient (Wildman–Crippen LogP) is 2.20. The Bertz CT molecular complexity index is 436. The van der Waals surface area contributed by atoms with Crippen molar-refractivity contribution < 1.29 is 8.42 Å². The van der Waals surface area contributed by atoms with Gasteiger partial charge >= 0.3 is 0 Å². The monoisotopic (exact) mass is 256 g/mol. The Morgan fingerprint density at radius 3 is 2.06 bits per heavy atom. The highest BCUT2D eigenvalue weighted by atomic mass is 32.2. The SMILES string of the molecule is CCC(CC)NS(=O)(=O)c1ccc(NC)cc1. The number of sulfonamides is 1. The maximum Gasteiger partial charge on any atom is 0.240 e. The average Bonchev–Trinajstić information content (AvgIpc) is 2.36. The molecule has 4 nitrogen and oxygen atoms in total. The fourth-order valence-corrected chi connectivity index (χ4v) is 2.95. The molecule has 96 valence electrons. The minimum Gasteiger partial charge on any atom is -0.388 e. The molecule has 0 unspecified atom stereocenters. The van der Waals surface area contributed by atoms with E-state index in [9.17, 15) is 8.42 Å². The Balaban J connectivity index is 2.89. The molecule has 0 bridgehead atoms. The summed E-state index contributed by atoms with van der Waals surface area (Å²) in [5.41, 5.74) is 0.895. The molecule has 0 aliphatic heterocycles. The molecule has 0 aliphatic carbocycles. The standard InChI is InChI=1S/C12H20N2O2S/c1-4-10(5-2)14-17(15,16)12-8-6-11(13-3)7-9-12/h6-10,13-14H,4-5H2,1-3H3. The molecule has 0 saturated heterocycles. The molecule has 2 N–H and O–H groups in total. The molecule has 1 rings (SSSR count). The van der Waals surface area contributed by atoms with Crippen molar-refractivity contribution in [1.29, 1.82) is 0 Å². The van der Waals surface area contributed by atoms with Crippen molar-refractivity contribution in [3.63, 3.8) is 0 Å². The van der Waals surface area contributed by atoms with Gasteiger partial charge in [0.1, 0.15) is 0 Å². The zero-order valence-corrected chi connectivity index (χ0v) is 11.3. The molecular weight excluding hydrogens is 236 g/mol. The van der Waals surface area contributed by atoms with E-state index in [2.05, 4.69) is 10.0 Å². The Kier molecular flexibility index (Phi) is 4.96. The summed E-state index contributed by atoms with van der Waals surface area (Å²) in [6.07, 6.45) is 1.59. The van der Waals surface area contributed by atoms with E-state index in [0.717, 1.165) is 18.5 Å². The third kappa shape index (κ3) is 3.71. The van der Waals surface area contributed by atoms with Crippen LogP contribution in [-0.2, 0) is 10.0 Å². The Hall–Kier alpha value is -1.07. The largest absolute Gasteiger partial charge is 0.388 e. The first-order valence-corrected chi connectivity index (χ1v) is 7.32. The fourth-order valence-electron chi connectivity index (χ4n) is 1.54. The van der Waals surface area contributed by atoms with Gasteiger partial charge in [0.25, 0.3) is 0 Å². The first kappa shape index (κ1) is 14.0. The van der Waals surface area contributed by atoms with Crippen molar-refractivity contribution in [3.8, 4) is 0 Å². The van der Waals surface area contributed by atoms with Crippen LogP contribution in [-0.4, -0.2) is 21.5 Å². The van der Waals surface area contributed by atoms with Crippen LogP contribution in [0.2, 0.25) is 0 Å². The van der Waals surface area contributed by atoms with Gasteiger partial charge in [-0.2, -0.15) is 0 Å². The lowest BCUT2D eigenvalue weighted by atomic mass is 10.2. The second-order valence-electron chi connectivity index (χ2n) is 3.91. The van der Waals surface area contributed by atoms with Gasteiger partial charge in [0.05, 0.1) is 4.90 Å². The molecule has 0 heterocycles. The van der Waals surface area contributed by atoms with Crippen molar-refractivity contribution in [3.05, 3.63) is 24.3 Å². The van der Waals surface area contributed by atoms with Crippen molar-refractivity contribution in [2.24, 2.45) is 0 Å². The first-order valence-electron chi connectivity index (χ1n) is 5.83. The van der Waals surface area contributed by atoms with Gasteiger partial charge in [-0.15, -0.1) is 0 Å². The van der Waals surface area contributed by atoms with E-state index >= 15 is 0 Å². The molecule has 0 radical (unpaired) electrons. The highest BCUT2D eigenvalue weighted by molar-refractivity contribution is 7.89. The Morgan fingerprint density at radius 2 is 1.65 bits per heavy atom. The Labute approximate surface area is 103 Å². The Morgan fingerprint density at radius 1 is 1.12 bits per heavy atom. The van der Waals surface area contributed by atoms with Crippen LogP contribution in [0.1, 0.15) is 26.7 Å². The summed E-state index contributed by atoms with van der Waals surface area (Å²) in [6.45, 7) is 3.95. The van der Waals surface area contributed by atoms with Gasteiger partial charge in [0, 0.05) is 18.8 Å². The highest BCUT2D eigenvalue weighted by Gasteiger charge is 2.17. The molecule has 0 spiro atoms. The fraction of sp³-hybridized carbons (Fsp3) is 0.500. The predicted molar refractivity (Wildman–Crippen MR) is 70.7 cm³/mol. The molecule has 0 saturated carbocycles. The van der Waals surface area contributed by atoms with Gasteiger partial charge in [-0.05, 0) is 37.1 Å². The van der Waals surface area contributed by atoms with Gasteiger partial charge in [-0.3, -0.25) is 0 Å². The molecule has 0 aromatic heterocycles. The van der Waals surface area contributed by atoms with Crippen LogP contribution in [0.3, 0.4) is 0 Å². The van der Waals surface area contributed by atoms with Gasteiger partial charge in [0.2, 0.25) is 10.0 Å². The second-order valence-corrected chi connectivity index (χ2v) is 5.62. The van der Waals surface area contributed by atoms with Crippen LogP contribution < -0.4 is 10.0 Å². The number of benzene rings is 1. The number of hydrogen-bond donors (Lipinski definition) is 2. The molecule has 0 atom stereocenters. The zero-order chi connectivity index (χ0) is 12.9. The molecule has 1 aromatic carbocycles. The van der Waals surface area contributed by atoms with E-state index in [0.29, 0.717) is 4.90 Å².